The van der Waals surface area contributed by atoms with Crippen molar-refractivity contribution in [2.24, 2.45) is 0 Å². The number of imide groups is 1. The Hall–Kier alpha value is -3.42. The lowest BCUT2D eigenvalue weighted by Gasteiger charge is -2.34. The summed E-state index contributed by atoms with van der Waals surface area (Å²) in [5.74, 6) is -0.614. The number of carbonyl (C=O) groups excluding carboxylic acids is 6. The second-order valence-corrected chi connectivity index (χ2v) is 11.8. The summed E-state index contributed by atoms with van der Waals surface area (Å²) in [4.78, 5) is 79.2. The number of carbonyl (C=O) groups is 6. The zero-order valence-electron chi connectivity index (χ0n) is 27.3. The molecular weight excluding hydrogens is 568 g/mol. The van der Waals surface area contributed by atoms with Gasteiger partial charge in [-0.15, -0.1) is 0 Å². The van der Waals surface area contributed by atoms with E-state index in [0.717, 1.165) is 25.7 Å². The highest BCUT2D eigenvalue weighted by atomic mass is 16.2. The maximum absolute atomic E-state index is 13.1. The highest BCUT2D eigenvalue weighted by Crippen LogP contribution is 2.26. The molecular formula is C30H54N8O6. The Kier molecular flexibility index (Phi) is 15.4. The molecule has 0 aromatic rings. The number of nitrogens with zero attached hydrogens (tertiary/aromatic N) is 3. The van der Waals surface area contributed by atoms with Gasteiger partial charge in [-0.1, -0.05) is 6.92 Å². The molecule has 44 heavy (non-hydrogen) atoms. The number of urea groups is 3. The summed E-state index contributed by atoms with van der Waals surface area (Å²) in [6.07, 6.45) is 6.04. The smallest absolute Gasteiger partial charge is 0.324 e. The Morgan fingerprint density at radius 3 is 1.95 bits per heavy atom. The van der Waals surface area contributed by atoms with Crippen molar-refractivity contribution in [1.29, 1.82) is 0 Å². The predicted octanol–water partition coefficient (Wildman–Crippen LogP) is 1.54. The largest absolute Gasteiger partial charge is 0.345 e. The van der Waals surface area contributed by atoms with Gasteiger partial charge in [-0.3, -0.25) is 14.9 Å². The number of amides is 8. The maximum Gasteiger partial charge on any atom is 0.324 e. The first kappa shape index (κ1) is 36.8. The Morgan fingerprint density at radius 2 is 1.45 bits per heavy atom. The molecule has 0 spiro atoms. The van der Waals surface area contributed by atoms with E-state index in [-0.39, 0.29) is 61.0 Å². The van der Waals surface area contributed by atoms with Gasteiger partial charge in [0.1, 0.15) is 12.3 Å². The van der Waals surface area contributed by atoms with Gasteiger partial charge < -0.3 is 40.8 Å². The minimum absolute atomic E-state index is 0.00931. The van der Waals surface area contributed by atoms with E-state index in [4.69, 9.17) is 0 Å². The molecule has 14 heteroatoms. The Labute approximate surface area is 261 Å². The SMILES string of the molecule is CCC(=O)N[C@H](C=O)CN(CC)C(=O)NC1CCC(NC(=O)N(CC)CCC2CCC(C)N2C(=O)NC(=O)C(C)NC)CC1. The number of likely N-dealkylation sites (N-methyl/N-ethyl adjacent to an activating group) is 2. The van der Waals surface area contributed by atoms with Crippen molar-refractivity contribution in [3.05, 3.63) is 0 Å². The van der Waals surface area contributed by atoms with Crippen LogP contribution in [0.1, 0.15) is 86.0 Å². The standard InChI is InChI=1S/C30H54N8O6/c1-7-26(40)32-24(19-39)18-37(9-3)29(43)34-23-13-11-22(12-14-23)33-28(42)36(8-2)17-16-25-15-10-20(4)38(25)30(44)35-27(41)21(5)31-6/h19-25,31H,7-18H2,1-6H3,(H,32,40)(H,33,42)(H,34,43)(H,35,41,44)/t20?,21?,22?,23?,24-,25?/m0/s1. The van der Waals surface area contributed by atoms with Gasteiger partial charge in [0.2, 0.25) is 11.8 Å². The summed E-state index contributed by atoms with van der Waals surface area (Å²) in [5, 5.41) is 14.1. The van der Waals surface area contributed by atoms with E-state index in [0.29, 0.717) is 45.2 Å². The van der Waals surface area contributed by atoms with Crippen LogP contribution in [0, 0.1) is 0 Å². The van der Waals surface area contributed by atoms with Gasteiger partial charge in [-0.2, -0.15) is 0 Å². The summed E-state index contributed by atoms with van der Waals surface area (Å²) in [5.41, 5.74) is 0. The molecule has 0 radical (unpaired) electrons. The molecule has 8 amide bonds. The second kappa shape index (κ2) is 18.4. The lowest BCUT2D eigenvalue weighted by Crippen LogP contribution is -2.53. The van der Waals surface area contributed by atoms with Crippen LogP contribution in [0.2, 0.25) is 0 Å². The second-order valence-electron chi connectivity index (χ2n) is 11.8. The molecule has 0 aromatic carbocycles. The molecule has 1 saturated carbocycles. The molecule has 2 rings (SSSR count). The van der Waals surface area contributed by atoms with Gasteiger partial charge in [0.05, 0.1) is 6.04 Å². The lowest BCUT2D eigenvalue weighted by atomic mass is 9.91. The van der Waals surface area contributed by atoms with Crippen molar-refractivity contribution in [1.82, 2.24) is 41.3 Å². The molecule has 3 unspecified atom stereocenters. The minimum atomic E-state index is -0.755. The molecule has 5 N–H and O–H groups in total. The molecule has 2 fully saturated rings. The first-order valence-electron chi connectivity index (χ1n) is 16.1. The van der Waals surface area contributed by atoms with E-state index in [2.05, 4.69) is 26.6 Å². The first-order valence-corrected chi connectivity index (χ1v) is 16.1. The zero-order valence-corrected chi connectivity index (χ0v) is 27.3. The third-order valence-corrected chi connectivity index (χ3v) is 8.78. The van der Waals surface area contributed by atoms with Crippen LogP contribution in [-0.2, 0) is 14.4 Å². The summed E-state index contributed by atoms with van der Waals surface area (Å²) in [7, 11) is 1.66. The average Bonchev–Trinajstić information content (AvgIpc) is 3.39. The molecule has 0 aromatic heterocycles. The molecule has 250 valence electrons. The van der Waals surface area contributed by atoms with E-state index in [1.54, 1.807) is 30.7 Å². The Morgan fingerprint density at radius 1 is 0.886 bits per heavy atom. The fourth-order valence-electron chi connectivity index (χ4n) is 5.78. The van der Waals surface area contributed by atoms with Crippen molar-refractivity contribution in [2.45, 2.75) is 122 Å². The maximum atomic E-state index is 13.1. The fourth-order valence-corrected chi connectivity index (χ4v) is 5.78. The highest BCUT2D eigenvalue weighted by molar-refractivity contribution is 5.97. The summed E-state index contributed by atoms with van der Waals surface area (Å²) in [6, 6.07) is -2.15. The van der Waals surface area contributed by atoms with E-state index in [9.17, 15) is 28.8 Å². The quantitative estimate of drug-likeness (QED) is 0.183. The first-order chi connectivity index (χ1) is 21.0. The molecule has 4 atom stereocenters. The van der Waals surface area contributed by atoms with E-state index < -0.39 is 18.1 Å². The summed E-state index contributed by atoms with van der Waals surface area (Å²) in [6.45, 7) is 10.6. The molecule has 1 aliphatic heterocycles. The van der Waals surface area contributed by atoms with E-state index >= 15 is 0 Å². The summed E-state index contributed by atoms with van der Waals surface area (Å²) >= 11 is 0. The number of nitrogens with one attached hydrogen (secondary N) is 5. The van der Waals surface area contributed by atoms with Crippen LogP contribution in [0.3, 0.4) is 0 Å². The van der Waals surface area contributed by atoms with Crippen LogP contribution >= 0.6 is 0 Å². The minimum Gasteiger partial charge on any atom is -0.345 e. The van der Waals surface area contributed by atoms with Gasteiger partial charge in [0, 0.05) is 56.8 Å². The van der Waals surface area contributed by atoms with Crippen molar-refractivity contribution in [3.63, 3.8) is 0 Å². The van der Waals surface area contributed by atoms with Crippen molar-refractivity contribution < 1.29 is 28.8 Å². The van der Waals surface area contributed by atoms with Crippen molar-refractivity contribution >= 4 is 36.2 Å². The van der Waals surface area contributed by atoms with Crippen LogP contribution < -0.4 is 26.6 Å². The van der Waals surface area contributed by atoms with Crippen LogP contribution in [0.25, 0.3) is 0 Å². The normalized spacial score (nSPS) is 22.7. The third kappa shape index (κ3) is 10.9. The molecule has 1 aliphatic carbocycles. The number of rotatable bonds is 14. The monoisotopic (exact) mass is 622 g/mol. The predicted molar refractivity (Wildman–Crippen MR) is 167 cm³/mol. The molecule has 14 nitrogen and oxygen atoms in total. The number of hydrogen-bond acceptors (Lipinski definition) is 7. The molecule has 2 aliphatic rings. The summed E-state index contributed by atoms with van der Waals surface area (Å²) < 4.78 is 0. The van der Waals surface area contributed by atoms with Crippen molar-refractivity contribution in [3.8, 4) is 0 Å². The Bertz CT molecular complexity index is 989. The fraction of sp³-hybridized carbons (Fsp3) is 0.800. The van der Waals surface area contributed by atoms with E-state index in [1.807, 2.05) is 20.8 Å². The molecule has 1 saturated heterocycles. The Balaban J connectivity index is 1.81. The average molecular weight is 623 g/mol. The van der Waals surface area contributed by atoms with Crippen LogP contribution in [0.5, 0.6) is 0 Å². The number of likely N-dealkylation sites (tertiary alicyclic amines) is 1. The van der Waals surface area contributed by atoms with Gasteiger partial charge in [-0.25, -0.2) is 14.4 Å². The zero-order chi connectivity index (χ0) is 32.8. The molecule has 1 heterocycles. The van der Waals surface area contributed by atoms with Crippen LogP contribution in [0.4, 0.5) is 14.4 Å². The van der Waals surface area contributed by atoms with Crippen molar-refractivity contribution in [2.75, 3.05) is 33.2 Å². The van der Waals surface area contributed by atoms with Gasteiger partial charge in [0.25, 0.3) is 0 Å². The van der Waals surface area contributed by atoms with Gasteiger partial charge in [0.15, 0.2) is 0 Å². The third-order valence-electron chi connectivity index (χ3n) is 8.78. The topological polar surface area (TPSA) is 172 Å². The van der Waals surface area contributed by atoms with E-state index in [1.165, 1.54) is 4.90 Å². The molecule has 0 bridgehead atoms. The van der Waals surface area contributed by atoms with Gasteiger partial charge in [-0.05, 0) is 79.7 Å². The van der Waals surface area contributed by atoms with Gasteiger partial charge >= 0.3 is 18.1 Å². The van der Waals surface area contributed by atoms with Crippen LogP contribution in [0.15, 0.2) is 0 Å². The number of aldehydes is 1. The lowest BCUT2D eigenvalue weighted by molar-refractivity contribution is -0.124. The number of hydrogen-bond donors (Lipinski definition) is 5. The highest BCUT2D eigenvalue weighted by Gasteiger charge is 2.36. The van der Waals surface area contributed by atoms with Crippen LogP contribution in [-0.4, -0.2) is 120 Å².